The van der Waals surface area contributed by atoms with Crippen LogP contribution in [0.4, 0.5) is 0 Å². The number of hydrogen-bond acceptors (Lipinski definition) is 5. The summed E-state index contributed by atoms with van der Waals surface area (Å²) in [6, 6.07) is 42.7. The number of aromatic nitrogens is 2. The molecule has 1 fully saturated rings. The summed E-state index contributed by atoms with van der Waals surface area (Å²) in [6.07, 6.45) is 1.70. The van der Waals surface area contributed by atoms with Crippen molar-refractivity contribution in [3.05, 3.63) is 154 Å². The Labute approximate surface area is 308 Å². The Balaban J connectivity index is 1.42. The van der Waals surface area contributed by atoms with E-state index in [1.165, 1.54) is 20.7 Å². The van der Waals surface area contributed by atoms with Crippen LogP contribution in [0.1, 0.15) is 52.5 Å². The van der Waals surface area contributed by atoms with Crippen molar-refractivity contribution in [3.63, 3.8) is 0 Å². The highest BCUT2D eigenvalue weighted by Crippen LogP contribution is 2.51. The number of nitrogens with zero attached hydrogens (tertiary/aromatic N) is 1. The largest absolute Gasteiger partial charge is 0.407 e. The van der Waals surface area contributed by atoms with Crippen LogP contribution in [0.5, 0.6) is 0 Å². The molecule has 2 heterocycles. The van der Waals surface area contributed by atoms with Gasteiger partial charge in [-0.15, -0.1) is 11.8 Å². The summed E-state index contributed by atoms with van der Waals surface area (Å²) in [4.78, 5) is 28.3. The Kier molecular flexibility index (Phi) is 10.7. The van der Waals surface area contributed by atoms with Crippen molar-refractivity contribution in [1.29, 1.82) is 0 Å². The monoisotopic (exact) mass is 734 g/mol. The van der Waals surface area contributed by atoms with Gasteiger partial charge in [0.25, 0.3) is 22.2 Å². The highest BCUT2D eigenvalue weighted by atomic mass is 32.2. The predicted octanol–water partition coefficient (Wildman–Crippen LogP) is 6.23. The zero-order valence-corrected chi connectivity index (χ0v) is 33.6. The fourth-order valence-corrected chi connectivity index (χ4v) is 18.5. The lowest BCUT2D eigenvalue weighted by Crippen LogP contribution is -2.68. The maximum atomic E-state index is 13.3. The molecule has 1 aliphatic heterocycles. The molecule has 0 aliphatic carbocycles. The number of nitrogens with one attached hydrogen (secondary N) is 1. The van der Waals surface area contributed by atoms with Gasteiger partial charge >= 0.3 is 5.69 Å². The van der Waals surface area contributed by atoms with Crippen molar-refractivity contribution in [2.45, 2.75) is 69.2 Å². The first-order valence-electron chi connectivity index (χ1n) is 17.8. The van der Waals surface area contributed by atoms with Crippen LogP contribution in [0.25, 0.3) is 0 Å². The van der Waals surface area contributed by atoms with Crippen LogP contribution in [-0.4, -0.2) is 44.6 Å². The number of rotatable bonds is 11. The second-order valence-electron chi connectivity index (χ2n) is 15.7. The van der Waals surface area contributed by atoms with E-state index in [1.54, 1.807) is 29.4 Å². The lowest BCUT2D eigenvalue weighted by Gasteiger charge is -2.50. The second-order valence-corrected chi connectivity index (χ2v) is 25.6. The fourth-order valence-electron chi connectivity index (χ4n) is 7.83. The Morgan fingerprint density at radius 1 is 0.627 bits per heavy atom. The molecule has 0 saturated carbocycles. The van der Waals surface area contributed by atoms with Crippen molar-refractivity contribution in [3.8, 4) is 0 Å². The third-order valence-corrected chi connectivity index (χ3v) is 22.1. The summed E-state index contributed by atoms with van der Waals surface area (Å²) < 4.78 is 16.7. The molecule has 6 rings (SSSR count). The summed E-state index contributed by atoms with van der Waals surface area (Å²) in [5, 5.41) is 4.35. The molecule has 1 aromatic heterocycles. The lowest BCUT2D eigenvalue weighted by molar-refractivity contribution is 0.165. The van der Waals surface area contributed by atoms with E-state index in [2.05, 4.69) is 168 Å². The molecule has 0 spiro atoms. The van der Waals surface area contributed by atoms with E-state index in [9.17, 15) is 9.59 Å². The Morgan fingerprint density at radius 2 is 1.00 bits per heavy atom. The molecule has 6 nitrogen and oxygen atoms in total. The van der Waals surface area contributed by atoms with E-state index < -0.39 is 22.3 Å². The van der Waals surface area contributed by atoms with E-state index in [-0.39, 0.29) is 32.2 Å². The van der Waals surface area contributed by atoms with Gasteiger partial charge in [0, 0.05) is 36.1 Å². The molecule has 4 aromatic carbocycles. The van der Waals surface area contributed by atoms with E-state index >= 15 is 0 Å². The van der Waals surface area contributed by atoms with Gasteiger partial charge in [0.05, 0.1) is 5.37 Å². The summed E-state index contributed by atoms with van der Waals surface area (Å²) in [5.74, 6) is -0.0575. The number of aryl methyl sites for hydroxylation is 1. The van der Waals surface area contributed by atoms with E-state index in [1.807, 2.05) is 0 Å². The predicted molar refractivity (Wildman–Crippen MR) is 217 cm³/mol. The van der Waals surface area contributed by atoms with E-state index in [0.29, 0.717) is 18.8 Å². The average Bonchev–Trinajstić information content (AvgIpc) is 3.10. The Morgan fingerprint density at radius 3 is 1.37 bits per heavy atom. The minimum atomic E-state index is -2.87. The van der Waals surface area contributed by atoms with Gasteiger partial charge in [0.1, 0.15) is 0 Å². The quantitative estimate of drug-likeness (QED) is 0.163. The molecular formula is C42H50N2O4SSi2. The molecule has 0 bridgehead atoms. The normalized spacial score (nSPS) is 18.3. The standard InChI is InChI=1S/C42H50N2O4SSi2/c1-31-28-44(40(46)43-38(31)45)39-36(29-47-50(41(2,3)4,32-20-12-8-13-21-32)33-22-14-9-15-23-33)37(49-39)30-48-51(42(5,6)7,34-24-16-10-17-25-34)35-26-18-11-19-27-35/h8-28,36-37,39H,29-30H2,1-7H3,(H,43,45,46)/t36-,37-,39+/m1/s1. The molecule has 5 aromatic rings. The highest BCUT2D eigenvalue weighted by molar-refractivity contribution is 8.01. The first kappa shape index (κ1) is 37.0. The van der Waals surface area contributed by atoms with Gasteiger partial charge in [-0.25, -0.2) is 4.79 Å². The minimum absolute atomic E-state index is 0.0500. The SMILES string of the molecule is Cc1cn([C@H]2S[C@H](CO[Si](c3ccccc3)(c3ccccc3)C(C)(C)C)[C@H]2CO[Si](c2ccccc2)(c2ccccc2)C(C)(C)C)c(=O)[nH]c1=O. The van der Waals surface area contributed by atoms with Crippen molar-refractivity contribution >= 4 is 49.1 Å². The molecule has 266 valence electrons. The van der Waals surface area contributed by atoms with Gasteiger partial charge < -0.3 is 8.85 Å². The molecule has 9 heteroatoms. The van der Waals surface area contributed by atoms with Crippen LogP contribution in [0.15, 0.2) is 137 Å². The van der Waals surface area contributed by atoms with Crippen molar-refractivity contribution in [2.75, 3.05) is 13.2 Å². The van der Waals surface area contributed by atoms with E-state index in [4.69, 9.17) is 8.85 Å². The zero-order valence-electron chi connectivity index (χ0n) is 30.8. The van der Waals surface area contributed by atoms with Crippen LogP contribution in [-0.2, 0) is 8.85 Å². The van der Waals surface area contributed by atoms with Gasteiger partial charge in [0.2, 0.25) is 0 Å². The maximum absolute atomic E-state index is 13.3. The van der Waals surface area contributed by atoms with Gasteiger partial charge in [0.15, 0.2) is 0 Å². The molecule has 3 atom stereocenters. The molecule has 0 radical (unpaired) electrons. The third-order valence-electron chi connectivity index (χ3n) is 10.4. The zero-order chi connectivity index (χ0) is 36.4. The first-order valence-corrected chi connectivity index (χ1v) is 22.5. The fraction of sp³-hybridized carbons (Fsp3) is 0.333. The first-order chi connectivity index (χ1) is 24.3. The number of hydrogen-bond donors (Lipinski definition) is 1. The number of H-pyrrole nitrogens is 1. The maximum Gasteiger partial charge on any atom is 0.329 e. The minimum Gasteiger partial charge on any atom is -0.407 e. The second kappa shape index (κ2) is 14.7. The molecule has 51 heavy (non-hydrogen) atoms. The summed E-state index contributed by atoms with van der Waals surface area (Å²) in [5.41, 5.74) is -0.244. The molecule has 1 N–H and O–H groups in total. The lowest BCUT2D eigenvalue weighted by atomic mass is 10.0. The molecule has 1 aliphatic rings. The van der Waals surface area contributed by atoms with Crippen LogP contribution in [0, 0.1) is 12.8 Å². The summed E-state index contributed by atoms with van der Waals surface area (Å²) >= 11 is 1.73. The number of aromatic amines is 1. The Bertz CT molecular complexity index is 1950. The molecule has 1 saturated heterocycles. The third kappa shape index (κ3) is 6.94. The van der Waals surface area contributed by atoms with Crippen molar-refractivity contribution in [2.24, 2.45) is 5.92 Å². The van der Waals surface area contributed by atoms with Crippen molar-refractivity contribution < 1.29 is 8.85 Å². The number of thioether (sulfide) groups is 1. The van der Waals surface area contributed by atoms with Crippen LogP contribution >= 0.6 is 11.8 Å². The topological polar surface area (TPSA) is 73.3 Å². The molecule has 0 amide bonds. The molecule has 0 unspecified atom stereocenters. The summed E-state index contributed by atoms with van der Waals surface area (Å²) in [6.45, 7) is 16.4. The van der Waals surface area contributed by atoms with E-state index in [0.717, 1.165) is 0 Å². The average molecular weight is 735 g/mol. The van der Waals surface area contributed by atoms with Gasteiger partial charge in [-0.05, 0) is 37.7 Å². The van der Waals surface area contributed by atoms with Gasteiger partial charge in [-0.1, -0.05) is 163 Å². The van der Waals surface area contributed by atoms with Crippen LogP contribution in [0.2, 0.25) is 10.1 Å². The smallest absolute Gasteiger partial charge is 0.329 e. The van der Waals surface area contributed by atoms with Crippen LogP contribution < -0.4 is 32.0 Å². The van der Waals surface area contributed by atoms with Gasteiger partial charge in [-0.3, -0.25) is 14.3 Å². The Hall–Kier alpha value is -3.74. The number of benzene rings is 4. The highest BCUT2D eigenvalue weighted by Gasteiger charge is 2.55. The molecular weight excluding hydrogens is 685 g/mol. The summed E-state index contributed by atoms with van der Waals surface area (Å²) in [7, 11) is -5.68. The van der Waals surface area contributed by atoms with Crippen LogP contribution in [0.3, 0.4) is 0 Å². The van der Waals surface area contributed by atoms with Gasteiger partial charge in [-0.2, -0.15) is 0 Å². The van der Waals surface area contributed by atoms with Crippen molar-refractivity contribution in [1.82, 2.24) is 9.55 Å².